The third-order valence-electron chi connectivity index (χ3n) is 6.11. The van der Waals surface area contributed by atoms with Crippen LogP contribution in [0, 0.1) is 0 Å². The molecule has 0 aliphatic carbocycles. The predicted octanol–water partition coefficient (Wildman–Crippen LogP) is -0.697. The Balaban J connectivity index is 1.80. The van der Waals surface area contributed by atoms with Crippen molar-refractivity contribution in [2.45, 2.75) is 50.2 Å². The number of aromatic nitrogens is 3. The Bertz CT molecular complexity index is 1230. The quantitative estimate of drug-likeness (QED) is 0.118. The molecule has 0 radical (unpaired) electrons. The number of nitrogens with zero attached hydrogens (tertiary/aromatic N) is 1. The lowest BCUT2D eigenvalue weighted by molar-refractivity contribution is -0.142. The number of fused-ring (bicyclic) bond motifs is 1. The predicted molar refractivity (Wildman–Crippen MR) is 140 cm³/mol. The van der Waals surface area contributed by atoms with Crippen LogP contribution < -0.4 is 27.4 Å². The van der Waals surface area contributed by atoms with Crippen molar-refractivity contribution in [3.05, 3.63) is 54.2 Å². The molecule has 0 spiro atoms. The lowest BCUT2D eigenvalue weighted by Crippen LogP contribution is -2.57. The van der Waals surface area contributed by atoms with Crippen LogP contribution in [0.25, 0.3) is 10.9 Å². The molecule has 3 unspecified atom stereocenters. The van der Waals surface area contributed by atoms with Gasteiger partial charge in [0.1, 0.15) is 18.1 Å². The number of hydrogen-bond acceptors (Lipinski definition) is 7. The van der Waals surface area contributed by atoms with E-state index in [0.717, 1.165) is 16.5 Å². The van der Waals surface area contributed by atoms with Crippen molar-refractivity contribution < 1.29 is 24.3 Å². The minimum atomic E-state index is -1.19. The van der Waals surface area contributed by atoms with E-state index < -0.39 is 41.8 Å². The first-order valence-corrected chi connectivity index (χ1v) is 12.4. The lowest BCUT2D eigenvalue weighted by Gasteiger charge is -2.24. The van der Waals surface area contributed by atoms with E-state index >= 15 is 0 Å². The second-order valence-corrected chi connectivity index (χ2v) is 8.91. The average molecular weight is 527 g/mol. The molecular formula is C25H34N8O5. The molecule has 10 N–H and O–H groups in total. The third kappa shape index (κ3) is 7.88. The first-order chi connectivity index (χ1) is 18.3. The van der Waals surface area contributed by atoms with Gasteiger partial charge in [-0.2, -0.15) is 0 Å². The molecule has 2 aromatic heterocycles. The van der Waals surface area contributed by atoms with Crippen molar-refractivity contribution >= 4 is 34.6 Å². The van der Waals surface area contributed by atoms with Gasteiger partial charge in [0.05, 0.1) is 12.9 Å². The standard InChI is InChI=1S/C25H34N8O5/c26-8-4-3-7-19(25(37)38)32-24(36)21(10-16-13-28-14-30-16)33-23(35)20(31-22(34)11-27)9-15-12-29-18-6-2-1-5-17(15)18/h1-2,5-6,12-14,19-21,29H,3-4,7-11,26-27H2,(H,28,30)(H,31,34)(H,32,36)(H,33,35)(H,37,38). The second-order valence-electron chi connectivity index (χ2n) is 8.91. The highest BCUT2D eigenvalue weighted by Crippen LogP contribution is 2.19. The van der Waals surface area contributed by atoms with Crippen molar-refractivity contribution in [3.63, 3.8) is 0 Å². The van der Waals surface area contributed by atoms with E-state index in [0.29, 0.717) is 25.1 Å². The van der Waals surface area contributed by atoms with Gasteiger partial charge in [-0.1, -0.05) is 18.2 Å². The van der Waals surface area contributed by atoms with Gasteiger partial charge in [0, 0.05) is 41.8 Å². The molecule has 38 heavy (non-hydrogen) atoms. The zero-order valence-electron chi connectivity index (χ0n) is 20.9. The number of aliphatic carboxylic acids is 1. The number of hydrogen-bond donors (Lipinski definition) is 8. The Morgan fingerprint density at radius 1 is 0.921 bits per heavy atom. The maximum atomic E-state index is 13.4. The number of para-hydroxylation sites is 1. The van der Waals surface area contributed by atoms with Crippen LogP contribution >= 0.6 is 0 Å². The number of carboxylic acids is 1. The average Bonchev–Trinajstić information content (AvgIpc) is 3.57. The molecular weight excluding hydrogens is 492 g/mol. The van der Waals surface area contributed by atoms with Crippen LogP contribution in [0.4, 0.5) is 0 Å². The van der Waals surface area contributed by atoms with Crippen molar-refractivity contribution in [3.8, 4) is 0 Å². The van der Waals surface area contributed by atoms with Gasteiger partial charge in [-0.05, 0) is 37.4 Å². The summed E-state index contributed by atoms with van der Waals surface area (Å²) >= 11 is 0. The summed E-state index contributed by atoms with van der Waals surface area (Å²) in [6.07, 6.45) is 6.18. The van der Waals surface area contributed by atoms with Crippen LogP contribution in [0.15, 0.2) is 43.0 Å². The number of carboxylic acid groups (broad SMARTS) is 1. The number of aromatic amines is 2. The number of nitrogens with two attached hydrogens (primary N) is 2. The molecule has 3 aromatic rings. The van der Waals surface area contributed by atoms with Crippen LogP contribution in [0.5, 0.6) is 0 Å². The highest BCUT2D eigenvalue weighted by molar-refractivity contribution is 5.94. The summed E-state index contributed by atoms with van der Waals surface area (Å²) in [5, 5.41) is 18.3. The molecule has 0 fully saturated rings. The first-order valence-electron chi connectivity index (χ1n) is 12.4. The van der Waals surface area contributed by atoms with Gasteiger partial charge in [0.25, 0.3) is 0 Å². The van der Waals surface area contributed by atoms with Crippen LogP contribution in [-0.4, -0.2) is 75.0 Å². The Morgan fingerprint density at radius 3 is 2.29 bits per heavy atom. The maximum Gasteiger partial charge on any atom is 0.326 e. The summed E-state index contributed by atoms with van der Waals surface area (Å²) in [4.78, 5) is 60.4. The number of rotatable bonds is 15. The topological polar surface area (TPSA) is 221 Å². The summed E-state index contributed by atoms with van der Waals surface area (Å²) in [7, 11) is 0. The van der Waals surface area contributed by atoms with Crippen LogP contribution in [0.2, 0.25) is 0 Å². The van der Waals surface area contributed by atoms with Crippen molar-refractivity contribution in [2.75, 3.05) is 13.1 Å². The lowest BCUT2D eigenvalue weighted by atomic mass is 10.0. The van der Waals surface area contributed by atoms with E-state index in [1.807, 2.05) is 24.3 Å². The molecule has 13 heteroatoms. The molecule has 13 nitrogen and oxygen atoms in total. The van der Waals surface area contributed by atoms with Crippen molar-refractivity contribution in [2.24, 2.45) is 11.5 Å². The van der Waals surface area contributed by atoms with Crippen molar-refractivity contribution in [1.82, 2.24) is 30.9 Å². The van der Waals surface area contributed by atoms with E-state index in [1.165, 1.54) is 12.5 Å². The Hall–Kier alpha value is -4.23. The van der Waals surface area contributed by atoms with Gasteiger partial charge >= 0.3 is 5.97 Å². The van der Waals surface area contributed by atoms with Crippen LogP contribution in [0.1, 0.15) is 30.5 Å². The van der Waals surface area contributed by atoms with Crippen LogP contribution in [-0.2, 0) is 32.0 Å². The van der Waals surface area contributed by atoms with E-state index in [9.17, 15) is 24.3 Å². The van der Waals surface area contributed by atoms with E-state index in [-0.39, 0.29) is 25.8 Å². The molecule has 0 aliphatic rings. The normalized spacial score (nSPS) is 13.4. The fourth-order valence-electron chi connectivity index (χ4n) is 4.10. The smallest absolute Gasteiger partial charge is 0.326 e. The van der Waals surface area contributed by atoms with Gasteiger partial charge in [-0.3, -0.25) is 14.4 Å². The first kappa shape index (κ1) is 28.3. The molecule has 1 aromatic carbocycles. The number of carbonyl (C=O) groups is 4. The SMILES string of the molecule is NCCCCC(NC(=O)C(Cc1cnc[nH]1)NC(=O)C(Cc1c[nH]c2ccccc12)NC(=O)CN)C(=O)O. The minimum Gasteiger partial charge on any atom is -0.480 e. The van der Waals surface area contributed by atoms with Gasteiger partial charge in [-0.15, -0.1) is 0 Å². The summed E-state index contributed by atoms with van der Waals surface area (Å²) in [6, 6.07) is 4.21. The molecule has 2 heterocycles. The fourth-order valence-corrected chi connectivity index (χ4v) is 4.10. The molecule has 3 rings (SSSR count). The van der Waals surface area contributed by atoms with Gasteiger partial charge < -0.3 is 42.5 Å². The molecule has 0 saturated carbocycles. The van der Waals surface area contributed by atoms with E-state index in [1.54, 1.807) is 6.20 Å². The zero-order valence-corrected chi connectivity index (χ0v) is 20.9. The summed E-state index contributed by atoms with van der Waals surface area (Å²) in [6.45, 7) is 0.0872. The number of carbonyl (C=O) groups excluding carboxylic acids is 3. The number of nitrogens with one attached hydrogen (secondary N) is 5. The van der Waals surface area contributed by atoms with E-state index in [2.05, 4.69) is 30.9 Å². The summed E-state index contributed by atoms with van der Waals surface area (Å²) < 4.78 is 0. The highest BCUT2D eigenvalue weighted by atomic mass is 16.4. The van der Waals surface area contributed by atoms with Crippen LogP contribution in [0.3, 0.4) is 0 Å². The third-order valence-corrected chi connectivity index (χ3v) is 6.11. The largest absolute Gasteiger partial charge is 0.480 e. The minimum absolute atomic E-state index is 0.0252. The van der Waals surface area contributed by atoms with Crippen molar-refractivity contribution in [1.29, 1.82) is 0 Å². The molecule has 204 valence electrons. The molecule has 0 bridgehead atoms. The summed E-state index contributed by atoms with van der Waals surface area (Å²) in [5.74, 6) is -3.02. The monoisotopic (exact) mass is 526 g/mol. The number of amides is 3. The molecule has 3 amide bonds. The zero-order chi connectivity index (χ0) is 27.5. The van der Waals surface area contributed by atoms with E-state index in [4.69, 9.17) is 11.5 Å². The van der Waals surface area contributed by atoms with Gasteiger partial charge in [0.2, 0.25) is 17.7 Å². The number of H-pyrrole nitrogens is 2. The molecule has 0 aliphatic heterocycles. The highest BCUT2D eigenvalue weighted by Gasteiger charge is 2.30. The van der Waals surface area contributed by atoms with Gasteiger partial charge in [0.15, 0.2) is 0 Å². The Morgan fingerprint density at radius 2 is 1.63 bits per heavy atom. The Kier molecular flexibility index (Phi) is 10.4. The number of unbranched alkanes of at least 4 members (excludes halogenated alkanes) is 1. The maximum absolute atomic E-state index is 13.4. The number of imidazole rings is 1. The molecule has 3 atom stereocenters. The number of benzene rings is 1. The summed E-state index contributed by atoms with van der Waals surface area (Å²) in [5.41, 5.74) is 13.2. The Labute approximate surface area is 219 Å². The fraction of sp³-hybridized carbons (Fsp3) is 0.400. The van der Waals surface area contributed by atoms with Gasteiger partial charge in [-0.25, -0.2) is 9.78 Å². The molecule has 0 saturated heterocycles. The second kappa shape index (κ2) is 13.9.